The summed E-state index contributed by atoms with van der Waals surface area (Å²) in [5, 5.41) is 0.506. The first kappa shape index (κ1) is 19.5. The summed E-state index contributed by atoms with van der Waals surface area (Å²) in [6.07, 6.45) is 1.07. The molecular weight excluding hydrogens is 375 g/mol. The van der Waals surface area contributed by atoms with Crippen molar-refractivity contribution >= 4 is 39.1 Å². The van der Waals surface area contributed by atoms with Gasteiger partial charge < -0.3 is 9.64 Å². The summed E-state index contributed by atoms with van der Waals surface area (Å²) in [5.74, 6) is 0.0265. The van der Waals surface area contributed by atoms with Crippen molar-refractivity contribution in [1.82, 2.24) is 9.21 Å². The van der Waals surface area contributed by atoms with E-state index in [-0.39, 0.29) is 28.9 Å². The Hall–Kier alpha value is -0.860. The molecular formula is C15H20Cl2N2O4S. The highest BCUT2D eigenvalue weighted by Crippen LogP contribution is 2.27. The van der Waals surface area contributed by atoms with E-state index in [1.807, 2.05) is 0 Å². The van der Waals surface area contributed by atoms with Crippen LogP contribution in [0.1, 0.15) is 12.8 Å². The maximum Gasteiger partial charge on any atom is 0.243 e. The second-order valence-electron chi connectivity index (χ2n) is 5.46. The van der Waals surface area contributed by atoms with Gasteiger partial charge in [0.25, 0.3) is 0 Å². The minimum atomic E-state index is -3.64. The number of amides is 1. The maximum absolute atomic E-state index is 12.6. The van der Waals surface area contributed by atoms with Crippen LogP contribution in [0.15, 0.2) is 23.1 Å². The zero-order chi connectivity index (χ0) is 17.7. The van der Waals surface area contributed by atoms with E-state index in [1.165, 1.54) is 22.5 Å². The smallest absolute Gasteiger partial charge is 0.243 e. The van der Waals surface area contributed by atoms with Gasteiger partial charge in [0.1, 0.15) is 0 Å². The molecule has 1 heterocycles. The third-order valence-corrected chi connectivity index (χ3v) is 6.49. The van der Waals surface area contributed by atoms with Gasteiger partial charge >= 0.3 is 0 Å². The van der Waals surface area contributed by atoms with Crippen LogP contribution in [0.5, 0.6) is 0 Å². The molecule has 0 bridgehead atoms. The van der Waals surface area contributed by atoms with Gasteiger partial charge in [-0.1, -0.05) is 23.2 Å². The molecule has 24 heavy (non-hydrogen) atoms. The molecule has 1 aliphatic heterocycles. The Morgan fingerprint density at radius 1 is 1.17 bits per heavy atom. The molecule has 0 aliphatic carbocycles. The average Bonchev–Trinajstić information content (AvgIpc) is 2.57. The molecule has 0 N–H and O–H groups in total. The normalized spacial score (nSPS) is 16.4. The van der Waals surface area contributed by atoms with Crippen LogP contribution in [0.2, 0.25) is 10.0 Å². The Kier molecular flexibility index (Phi) is 6.88. The highest BCUT2D eigenvalue weighted by molar-refractivity contribution is 7.89. The van der Waals surface area contributed by atoms with Crippen LogP contribution in [0.4, 0.5) is 0 Å². The second kappa shape index (κ2) is 8.49. The van der Waals surface area contributed by atoms with Crippen LogP contribution in [0.25, 0.3) is 0 Å². The third kappa shape index (κ3) is 4.61. The number of methoxy groups -OCH3 is 1. The third-order valence-electron chi connectivity index (χ3n) is 3.86. The summed E-state index contributed by atoms with van der Waals surface area (Å²) < 4.78 is 31.6. The molecule has 0 aromatic heterocycles. The Labute approximate surface area is 152 Å². The summed E-state index contributed by atoms with van der Waals surface area (Å²) in [6, 6.07) is 4.25. The van der Waals surface area contributed by atoms with Crippen LogP contribution < -0.4 is 0 Å². The van der Waals surface area contributed by atoms with Crippen molar-refractivity contribution < 1.29 is 17.9 Å². The monoisotopic (exact) mass is 394 g/mol. The maximum atomic E-state index is 12.6. The molecule has 1 aliphatic rings. The van der Waals surface area contributed by atoms with Gasteiger partial charge in [0.2, 0.25) is 15.9 Å². The number of rotatable bonds is 6. The van der Waals surface area contributed by atoms with E-state index in [2.05, 4.69) is 0 Å². The predicted molar refractivity (Wildman–Crippen MR) is 92.9 cm³/mol. The molecule has 0 atom stereocenters. The largest absolute Gasteiger partial charge is 0.385 e. The number of hydrogen-bond acceptors (Lipinski definition) is 4. The lowest BCUT2D eigenvalue weighted by Crippen LogP contribution is -2.50. The van der Waals surface area contributed by atoms with Crippen molar-refractivity contribution in [3.05, 3.63) is 28.2 Å². The van der Waals surface area contributed by atoms with Crippen molar-refractivity contribution in [1.29, 1.82) is 0 Å². The highest BCUT2D eigenvalue weighted by atomic mass is 35.5. The van der Waals surface area contributed by atoms with Gasteiger partial charge in [-0.3, -0.25) is 4.79 Å². The fourth-order valence-corrected chi connectivity index (χ4v) is 4.30. The van der Waals surface area contributed by atoms with E-state index in [4.69, 9.17) is 27.9 Å². The number of carbonyl (C=O) groups excluding carboxylic acids is 1. The number of sulfonamides is 1. The van der Waals surface area contributed by atoms with Crippen LogP contribution in [-0.4, -0.2) is 63.4 Å². The highest BCUT2D eigenvalue weighted by Gasteiger charge is 2.30. The van der Waals surface area contributed by atoms with Crippen LogP contribution in [0.3, 0.4) is 0 Å². The molecule has 1 saturated heterocycles. The Morgan fingerprint density at radius 3 is 2.42 bits per heavy atom. The molecule has 9 heteroatoms. The fraction of sp³-hybridized carbons (Fsp3) is 0.533. The number of piperazine rings is 1. The minimum absolute atomic E-state index is 0.0265. The number of benzene rings is 1. The number of ether oxygens (including phenoxy) is 1. The standard InChI is InChI=1S/C15H20Cl2N2O4S/c1-23-10-2-3-15(20)18-6-8-19(9-7-18)24(21,22)12-4-5-13(16)14(17)11-12/h4-5,11H,2-3,6-10H2,1H3. The minimum Gasteiger partial charge on any atom is -0.385 e. The fourth-order valence-electron chi connectivity index (χ4n) is 2.49. The number of nitrogens with zero attached hydrogens (tertiary/aromatic N) is 2. The van der Waals surface area contributed by atoms with Gasteiger partial charge in [-0.15, -0.1) is 0 Å². The Balaban J connectivity index is 1.98. The van der Waals surface area contributed by atoms with Crippen molar-refractivity contribution in [2.75, 3.05) is 39.9 Å². The topological polar surface area (TPSA) is 66.9 Å². The van der Waals surface area contributed by atoms with E-state index in [9.17, 15) is 13.2 Å². The van der Waals surface area contributed by atoms with E-state index in [0.29, 0.717) is 37.6 Å². The van der Waals surface area contributed by atoms with Gasteiger partial charge in [-0.2, -0.15) is 4.31 Å². The van der Waals surface area contributed by atoms with Crippen LogP contribution in [-0.2, 0) is 19.6 Å². The summed E-state index contributed by atoms with van der Waals surface area (Å²) >= 11 is 11.7. The molecule has 0 radical (unpaired) electrons. The number of halogens is 2. The first-order valence-corrected chi connectivity index (χ1v) is 9.78. The first-order valence-electron chi connectivity index (χ1n) is 7.58. The van der Waals surface area contributed by atoms with Crippen LogP contribution in [0, 0.1) is 0 Å². The molecule has 2 rings (SSSR count). The van der Waals surface area contributed by atoms with E-state index in [1.54, 1.807) is 12.0 Å². The summed E-state index contributed by atoms with van der Waals surface area (Å²) in [7, 11) is -2.04. The van der Waals surface area contributed by atoms with Gasteiger partial charge in [0.15, 0.2) is 0 Å². The quantitative estimate of drug-likeness (QED) is 0.693. The Bertz CT molecular complexity index is 689. The van der Waals surface area contributed by atoms with Crippen molar-refractivity contribution in [2.24, 2.45) is 0 Å². The number of carbonyl (C=O) groups is 1. The lowest BCUT2D eigenvalue weighted by molar-refractivity contribution is -0.132. The van der Waals surface area contributed by atoms with Crippen molar-refractivity contribution in [3.63, 3.8) is 0 Å². The zero-order valence-electron chi connectivity index (χ0n) is 13.4. The second-order valence-corrected chi connectivity index (χ2v) is 8.21. The summed E-state index contributed by atoms with van der Waals surface area (Å²) in [5.41, 5.74) is 0. The Morgan fingerprint density at radius 2 is 1.83 bits per heavy atom. The molecule has 134 valence electrons. The van der Waals surface area contributed by atoms with E-state index < -0.39 is 10.0 Å². The average molecular weight is 395 g/mol. The molecule has 1 aromatic carbocycles. The lowest BCUT2D eigenvalue weighted by atomic mass is 10.2. The van der Waals surface area contributed by atoms with E-state index >= 15 is 0 Å². The molecule has 6 nitrogen and oxygen atoms in total. The molecule has 1 amide bonds. The zero-order valence-corrected chi connectivity index (χ0v) is 15.7. The van der Waals surface area contributed by atoms with Gasteiger partial charge in [-0.05, 0) is 24.6 Å². The van der Waals surface area contributed by atoms with Gasteiger partial charge in [-0.25, -0.2) is 8.42 Å². The van der Waals surface area contributed by atoms with Gasteiger partial charge in [0, 0.05) is 46.3 Å². The molecule has 1 fully saturated rings. The summed E-state index contributed by atoms with van der Waals surface area (Å²) in [6.45, 7) is 1.83. The van der Waals surface area contributed by atoms with Crippen LogP contribution >= 0.6 is 23.2 Å². The number of hydrogen-bond donors (Lipinski definition) is 0. The molecule has 0 unspecified atom stereocenters. The SMILES string of the molecule is COCCCC(=O)N1CCN(S(=O)(=O)c2ccc(Cl)c(Cl)c2)CC1. The lowest BCUT2D eigenvalue weighted by Gasteiger charge is -2.34. The molecule has 0 spiro atoms. The first-order chi connectivity index (χ1) is 11.4. The van der Waals surface area contributed by atoms with Crippen molar-refractivity contribution in [2.45, 2.75) is 17.7 Å². The van der Waals surface area contributed by atoms with Gasteiger partial charge in [0.05, 0.1) is 14.9 Å². The van der Waals surface area contributed by atoms with E-state index in [0.717, 1.165) is 0 Å². The van der Waals surface area contributed by atoms with Crippen molar-refractivity contribution in [3.8, 4) is 0 Å². The molecule has 0 saturated carbocycles. The molecule has 1 aromatic rings. The summed E-state index contributed by atoms with van der Waals surface area (Å²) in [4.78, 5) is 13.9. The predicted octanol–water partition coefficient (Wildman–Crippen LogP) is 2.25.